The molecule has 2 fully saturated rings. The lowest BCUT2D eigenvalue weighted by Gasteiger charge is -2.34. The summed E-state index contributed by atoms with van der Waals surface area (Å²) >= 11 is 0. The number of nitrogens with zero attached hydrogens (tertiary/aromatic N) is 3. The van der Waals surface area contributed by atoms with E-state index in [4.69, 9.17) is 4.74 Å². The number of halogens is 4. The smallest absolute Gasteiger partial charge is 0.416 e. The first kappa shape index (κ1) is 28.4. The van der Waals surface area contributed by atoms with Gasteiger partial charge in [0, 0.05) is 74.3 Å². The van der Waals surface area contributed by atoms with Crippen LogP contribution in [0, 0.1) is 5.82 Å². The van der Waals surface area contributed by atoms with E-state index in [0.29, 0.717) is 63.1 Å². The predicted molar refractivity (Wildman–Crippen MR) is 144 cm³/mol. The number of alkyl halides is 3. The van der Waals surface area contributed by atoms with Crippen LogP contribution in [0.1, 0.15) is 52.0 Å². The van der Waals surface area contributed by atoms with Crippen molar-refractivity contribution >= 4 is 17.5 Å². The van der Waals surface area contributed by atoms with Gasteiger partial charge in [-0.1, -0.05) is 0 Å². The highest BCUT2D eigenvalue weighted by molar-refractivity contribution is 5.95. The summed E-state index contributed by atoms with van der Waals surface area (Å²) in [4.78, 5) is 33.0. The van der Waals surface area contributed by atoms with Crippen LogP contribution in [-0.4, -0.2) is 60.0 Å². The molecule has 3 heterocycles. The van der Waals surface area contributed by atoms with Gasteiger partial charge in [-0.2, -0.15) is 13.2 Å². The monoisotopic (exact) mass is 570 g/mol. The second kappa shape index (κ2) is 12.2. The van der Waals surface area contributed by atoms with E-state index in [1.165, 1.54) is 24.3 Å². The van der Waals surface area contributed by atoms with Crippen molar-refractivity contribution in [3.05, 3.63) is 89.5 Å². The molecule has 11 heteroatoms. The van der Waals surface area contributed by atoms with Gasteiger partial charge < -0.3 is 19.9 Å². The Labute approximate surface area is 235 Å². The van der Waals surface area contributed by atoms with E-state index in [9.17, 15) is 27.2 Å². The largest absolute Gasteiger partial charge is 0.487 e. The highest BCUT2D eigenvalue weighted by Crippen LogP contribution is 2.31. The molecule has 2 aliphatic rings. The van der Waals surface area contributed by atoms with Crippen LogP contribution in [0.25, 0.3) is 0 Å². The first-order valence-corrected chi connectivity index (χ1v) is 13.6. The summed E-state index contributed by atoms with van der Waals surface area (Å²) in [6, 6.07) is 12.4. The SMILES string of the molecule is O=C(NC1CCN(C(=O)c2ccncc2)CC1)c1ccc(OC2CCN(c3ccc(C(F)(F)F)cc3)CC2)c(F)c1. The maximum Gasteiger partial charge on any atom is 0.416 e. The van der Waals surface area contributed by atoms with Gasteiger partial charge in [-0.05, 0) is 67.4 Å². The maximum absolute atomic E-state index is 14.9. The lowest BCUT2D eigenvalue weighted by molar-refractivity contribution is -0.137. The van der Waals surface area contributed by atoms with E-state index in [-0.39, 0.29) is 35.3 Å². The molecule has 0 saturated carbocycles. The highest BCUT2D eigenvalue weighted by atomic mass is 19.4. The summed E-state index contributed by atoms with van der Waals surface area (Å²) < 4.78 is 59.2. The predicted octanol–water partition coefficient (Wildman–Crippen LogP) is 5.32. The van der Waals surface area contributed by atoms with Crippen molar-refractivity contribution in [3.8, 4) is 5.75 Å². The van der Waals surface area contributed by atoms with E-state index in [1.807, 2.05) is 4.90 Å². The average molecular weight is 571 g/mol. The fourth-order valence-corrected chi connectivity index (χ4v) is 5.18. The molecule has 1 aromatic heterocycles. The van der Waals surface area contributed by atoms with Crippen LogP contribution >= 0.6 is 0 Å². The Morgan fingerprint density at radius 3 is 2.12 bits per heavy atom. The van der Waals surface area contributed by atoms with Crippen molar-refractivity contribution in [3.63, 3.8) is 0 Å². The molecule has 7 nitrogen and oxygen atoms in total. The molecule has 0 unspecified atom stereocenters. The number of benzene rings is 2. The molecule has 0 radical (unpaired) electrons. The minimum Gasteiger partial charge on any atom is -0.487 e. The Kier molecular flexibility index (Phi) is 8.41. The standard InChI is InChI=1S/C30H30F4N4O3/c31-26-19-21(28(39)36-23-9-15-38(16-10-23)29(40)20-7-13-35-14-8-20)1-6-27(26)41-25-11-17-37(18-12-25)24-4-2-22(3-5-24)30(32,33)34/h1-8,13-14,19,23,25H,9-12,15-18H2,(H,36,39). The molecular weight excluding hydrogens is 540 g/mol. The number of likely N-dealkylation sites (tertiary alicyclic amines) is 1. The van der Waals surface area contributed by atoms with Crippen LogP contribution in [-0.2, 0) is 6.18 Å². The molecule has 216 valence electrons. The van der Waals surface area contributed by atoms with Crippen molar-refractivity contribution in [1.82, 2.24) is 15.2 Å². The molecule has 0 bridgehead atoms. The van der Waals surface area contributed by atoms with Gasteiger partial charge in [0.25, 0.3) is 11.8 Å². The Morgan fingerprint density at radius 2 is 1.51 bits per heavy atom. The minimum absolute atomic E-state index is 0.0532. The number of anilines is 1. The number of carbonyl (C=O) groups excluding carboxylic acids is 2. The number of rotatable bonds is 6. The van der Waals surface area contributed by atoms with E-state index in [2.05, 4.69) is 10.3 Å². The van der Waals surface area contributed by atoms with Crippen molar-refractivity contribution in [1.29, 1.82) is 0 Å². The van der Waals surface area contributed by atoms with Crippen LogP contribution in [0.4, 0.5) is 23.2 Å². The fraction of sp³-hybridized carbons (Fsp3) is 0.367. The van der Waals surface area contributed by atoms with Crippen molar-refractivity contribution in [2.24, 2.45) is 0 Å². The van der Waals surface area contributed by atoms with E-state index >= 15 is 0 Å². The third-order valence-corrected chi connectivity index (χ3v) is 7.53. The van der Waals surface area contributed by atoms with Crippen molar-refractivity contribution in [2.75, 3.05) is 31.1 Å². The summed E-state index contributed by atoms with van der Waals surface area (Å²) in [5.74, 6) is -1.04. The van der Waals surface area contributed by atoms with Gasteiger partial charge in [0.05, 0.1) is 5.56 Å². The fourth-order valence-electron chi connectivity index (χ4n) is 5.18. The van der Waals surface area contributed by atoms with Gasteiger partial charge >= 0.3 is 6.18 Å². The van der Waals surface area contributed by atoms with Gasteiger partial charge in [0.1, 0.15) is 6.10 Å². The lowest BCUT2D eigenvalue weighted by atomic mass is 10.0. The molecule has 0 aliphatic carbocycles. The number of ether oxygens (including phenoxy) is 1. The molecule has 2 saturated heterocycles. The third kappa shape index (κ3) is 6.96. The zero-order valence-corrected chi connectivity index (χ0v) is 22.2. The Hall–Kier alpha value is -4.15. The number of piperidine rings is 2. The summed E-state index contributed by atoms with van der Waals surface area (Å²) in [7, 11) is 0. The van der Waals surface area contributed by atoms with Crippen LogP contribution < -0.4 is 15.0 Å². The molecule has 0 atom stereocenters. The summed E-state index contributed by atoms with van der Waals surface area (Å²) in [5.41, 5.74) is 0.766. The zero-order valence-electron chi connectivity index (χ0n) is 22.2. The first-order valence-electron chi connectivity index (χ1n) is 13.6. The van der Waals surface area contributed by atoms with Crippen molar-refractivity contribution in [2.45, 2.75) is 44.0 Å². The number of carbonyl (C=O) groups is 2. The molecule has 0 spiro atoms. The summed E-state index contributed by atoms with van der Waals surface area (Å²) in [5, 5.41) is 2.93. The Bertz CT molecular complexity index is 1350. The Balaban J connectivity index is 1.09. The summed E-state index contributed by atoms with van der Waals surface area (Å²) in [6.45, 7) is 2.13. The molecule has 2 aromatic carbocycles. The maximum atomic E-state index is 14.9. The van der Waals surface area contributed by atoms with E-state index < -0.39 is 17.6 Å². The molecule has 1 N–H and O–H groups in total. The van der Waals surface area contributed by atoms with E-state index in [0.717, 1.165) is 18.2 Å². The quantitative estimate of drug-likeness (QED) is 0.406. The van der Waals surface area contributed by atoms with Crippen LogP contribution in [0.15, 0.2) is 67.0 Å². The molecular formula is C30H30F4N4O3. The van der Waals surface area contributed by atoms with Gasteiger partial charge in [-0.15, -0.1) is 0 Å². The van der Waals surface area contributed by atoms with Gasteiger partial charge in [-0.25, -0.2) is 4.39 Å². The van der Waals surface area contributed by atoms with E-state index in [1.54, 1.807) is 29.4 Å². The molecule has 41 heavy (non-hydrogen) atoms. The third-order valence-electron chi connectivity index (χ3n) is 7.53. The molecule has 5 rings (SSSR count). The highest BCUT2D eigenvalue weighted by Gasteiger charge is 2.31. The normalized spacial score (nSPS) is 16.9. The lowest BCUT2D eigenvalue weighted by Crippen LogP contribution is -2.46. The number of aromatic nitrogens is 1. The molecule has 3 aromatic rings. The first-order chi connectivity index (χ1) is 19.7. The van der Waals surface area contributed by atoms with Crippen molar-refractivity contribution < 1.29 is 31.9 Å². The molecule has 2 amide bonds. The second-order valence-corrected chi connectivity index (χ2v) is 10.3. The number of amides is 2. The van der Waals surface area contributed by atoms with Crippen LogP contribution in [0.2, 0.25) is 0 Å². The number of nitrogens with one attached hydrogen (secondary N) is 1. The van der Waals surface area contributed by atoms with Gasteiger partial charge in [-0.3, -0.25) is 14.6 Å². The number of hydrogen-bond donors (Lipinski definition) is 1. The average Bonchev–Trinajstić information content (AvgIpc) is 2.98. The minimum atomic E-state index is -4.37. The Morgan fingerprint density at radius 1 is 0.854 bits per heavy atom. The topological polar surface area (TPSA) is 74.8 Å². The van der Waals surface area contributed by atoms with Crippen LogP contribution in [0.5, 0.6) is 5.75 Å². The number of pyridine rings is 1. The molecule has 2 aliphatic heterocycles. The van der Waals surface area contributed by atoms with Gasteiger partial charge in [0.2, 0.25) is 0 Å². The second-order valence-electron chi connectivity index (χ2n) is 10.3. The van der Waals surface area contributed by atoms with Crippen LogP contribution in [0.3, 0.4) is 0 Å². The zero-order chi connectivity index (χ0) is 29.0. The number of hydrogen-bond acceptors (Lipinski definition) is 5. The van der Waals surface area contributed by atoms with Gasteiger partial charge in [0.15, 0.2) is 11.6 Å². The summed E-state index contributed by atoms with van der Waals surface area (Å²) in [6.07, 6.45) is 0.858.